The van der Waals surface area contributed by atoms with Crippen molar-refractivity contribution < 1.29 is 4.79 Å². The van der Waals surface area contributed by atoms with Crippen molar-refractivity contribution >= 4 is 44.8 Å². The second-order valence-corrected chi connectivity index (χ2v) is 7.73. The number of benzene rings is 2. The Kier molecular flexibility index (Phi) is 5.89. The van der Waals surface area contributed by atoms with Crippen LogP contribution >= 0.6 is 38.9 Å². The molecule has 0 spiro atoms. The van der Waals surface area contributed by atoms with Crippen LogP contribution in [-0.4, -0.2) is 10.9 Å². The van der Waals surface area contributed by atoms with E-state index in [1.54, 1.807) is 0 Å². The molecule has 2 aromatic carbocycles. The van der Waals surface area contributed by atoms with Crippen LogP contribution in [0.4, 0.5) is 0 Å². The van der Waals surface area contributed by atoms with Crippen LogP contribution in [0.25, 0.3) is 10.6 Å². The lowest BCUT2D eigenvalue weighted by atomic mass is 10.1. The van der Waals surface area contributed by atoms with E-state index < -0.39 is 0 Å². The van der Waals surface area contributed by atoms with Gasteiger partial charge in [-0.05, 0) is 24.6 Å². The molecule has 3 aromatic rings. The third-order valence-corrected chi connectivity index (χ3v) is 5.72. The van der Waals surface area contributed by atoms with Gasteiger partial charge in [0.25, 0.3) is 0 Å². The Morgan fingerprint density at radius 1 is 1.24 bits per heavy atom. The number of aromatic nitrogens is 1. The first kappa shape index (κ1) is 18.1. The van der Waals surface area contributed by atoms with Gasteiger partial charge in [-0.25, -0.2) is 4.98 Å². The van der Waals surface area contributed by atoms with E-state index in [1.807, 2.05) is 60.8 Å². The summed E-state index contributed by atoms with van der Waals surface area (Å²) in [6.07, 6.45) is 0.246. The summed E-state index contributed by atoms with van der Waals surface area (Å²) in [6, 6.07) is 15.4. The zero-order chi connectivity index (χ0) is 17.8. The number of hydrogen-bond donors (Lipinski definition) is 1. The number of carbonyl (C=O) groups excluding carboxylic acids is 1. The Labute approximate surface area is 164 Å². The zero-order valence-electron chi connectivity index (χ0n) is 13.5. The number of halogens is 2. The van der Waals surface area contributed by atoms with Gasteiger partial charge < -0.3 is 5.32 Å². The van der Waals surface area contributed by atoms with Crippen molar-refractivity contribution in [2.75, 3.05) is 0 Å². The number of amides is 1. The maximum atomic E-state index is 12.3. The van der Waals surface area contributed by atoms with E-state index in [-0.39, 0.29) is 18.4 Å². The van der Waals surface area contributed by atoms with E-state index in [9.17, 15) is 4.79 Å². The van der Waals surface area contributed by atoms with Crippen molar-refractivity contribution in [1.82, 2.24) is 10.3 Å². The van der Waals surface area contributed by atoms with Crippen LogP contribution in [0.2, 0.25) is 5.02 Å². The molecule has 128 valence electrons. The normalized spacial score (nSPS) is 12.0. The highest BCUT2D eigenvalue weighted by molar-refractivity contribution is 9.10. The molecule has 0 aliphatic heterocycles. The van der Waals surface area contributed by atoms with Gasteiger partial charge in [0.05, 0.1) is 23.2 Å². The van der Waals surface area contributed by atoms with E-state index in [4.69, 9.17) is 11.6 Å². The second-order valence-electron chi connectivity index (χ2n) is 5.61. The molecular weight excluding hydrogens is 420 g/mol. The summed E-state index contributed by atoms with van der Waals surface area (Å²) in [4.78, 5) is 16.9. The molecule has 0 saturated heterocycles. The molecule has 0 fully saturated rings. The number of nitrogens with one attached hydrogen (secondary N) is 1. The molecule has 1 aromatic heterocycles. The molecule has 1 N–H and O–H groups in total. The molecule has 0 aliphatic carbocycles. The lowest BCUT2D eigenvalue weighted by Gasteiger charge is -2.15. The minimum absolute atomic E-state index is 0.0562. The van der Waals surface area contributed by atoms with Crippen LogP contribution in [0, 0.1) is 0 Å². The molecule has 3 rings (SSSR count). The quantitative estimate of drug-likeness (QED) is 0.563. The molecule has 25 heavy (non-hydrogen) atoms. The van der Waals surface area contributed by atoms with Crippen molar-refractivity contribution in [3.05, 3.63) is 74.7 Å². The summed E-state index contributed by atoms with van der Waals surface area (Å²) in [5.41, 5.74) is 2.69. The first-order valence-corrected chi connectivity index (χ1v) is 9.82. The van der Waals surface area contributed by atoms with Crippen LogP contribution in [0.15, 0.2) is 58.4 Å². The minimum Gasteiger partial charge on any atom is -0.349 e. The number of rotatable bonds is 5. The average molecular weight is 436 g/mol. The predicted molar refractivity (Wildman–Crippen MR) is 107 cm³/mol. The molecule has 6 heteroatoms. The Hall–Kier alpha value is -1.69. The Morgan fingerprint density at radius 3 is 2.72 bits per heavy atom. The van der Waals surface area contributed by atoms with Gasteiger partial charge in [-0.3, -0.25) is 4.79 Å². The van der Waals surface area contributed by atoms with Crippen molar-refractivity contribution in [3.63, 3.8) is 0 Å². The van der Waals surface area contributed by atoms with Gasteiger partial charge in [-0.2, -0.15) is 0 Å². The molecule has 3 nitrogen and oxygen atoms in total. The van der Waals surface area contributed by atoms with Crippen LogP contribution in [0.3, 0.4) is 0 Å². The number of carbonyl (C=O) groups is 1. The molecule has 0 aliphatic rings. The maximum Gasteiger partial charge on any atom is 0.226 e. The first-order chi connectivity index (χ1) is 12.0. The van der Waals surface area contributed by atoms with Gasteiger partial charge in [-0.15, -0.1) is 11.3 Å². The molecule has 0 saturated carbocycles. The molecule has 1 amide bonds. The maximum absolute atomic E-state index is 12.3. The average Bonchev–Trinajstić information content (AvgIpc) is 3.03. The molecular formula is C19H16BrClN2OS. The highest BCUT2D eigenvalue weighted by Gasteiger charge is 2.14. The van der Waals surface area contributed by atoms with Crippen LogP contribution in [0.1, 0.15) is 24.2 Å². The van der Waals surface area contributed by atoms with Crippen molar-refractivity contribution in [1.29, 1.82) is 0 Å². The Bertz CT molecular complexity index is 896. The fourth-order valence-electron chi connectivity index (χ4n) is 2.51. The molecule has 1 heterocycles. The fraction of sp³-hybridized carbons (Fsp3) is 0.158. The summed E-state index contributed by atoms with van der Waals surface area (Å²) < 4.78 is 0.984. The van der Waals surface area contributed by atoms with Crippen molar-refractivity contribution in [3.8, 4) is 10.6 Å². The largest absolute Gasteiger partial charge is 0.349 e. The summed E-state index contributed by atoms with van der Waals surface area (Å²) in [5, 5.41) is 6.41. The minimum atomic E-state index is -0.0789. The SMILES string of the molecule is CC(NC(=O)Cc1csc(-c2ccccc2Cl)n1)c1ccccc1Br. The van der Waals surface area contributed by atoms with E-state index in [1.165, 1.54) is 11.3 Å². The molecule has 1 unspecified atom stereocenters. The van der Waals surface area contributed by atoms with Crippen LogP contribution in [-0.2, 0) is 11.2 Å². The smallest absolute Gasteiger partial charge is 0.226 e. The predicted octanol–water partition coefficient (Wildman–Crippen LogP) is 5.65. The van der Waals surface area contributed by atoms with Gasteiger partial charge in [0.1, 0.15) is 5.01 Å². The third-order valence-electron chi connectivity index (χ3n) is 3.75. The highest BCUT2D eigenvalue weighted by Crippen LogP contribution is 2.30. The van der Waals surface area contributed by atoms with E-state index in [2.05, 4.69) is 26.2 Å². The standard InChI is InChI=1S/C19H16BrClN2OS/c1-12(14-6-2-4-8-16(14)20)22-18(24)10-13-11-25-19(23-13)15-7-3-5-9-17(15)21/h2-9,11-12H,10H2,1H3,(H,22,24). The van der Waals surface area contributed by atoms with Gasteiger partial charge >= 0.3 is 0 Å². The van der Waals surface area contributed by atoms with E-state index in [0.717, 1.165) is 26.3 Å². The van der Waals surface area contributed by atoms with E-state index in [0.29, 0.717) is 5.02 Å². The van der Waals surface area contributed by atoms with Gasteiger partial charge in [0, 0.05) is 15.4 Å². The topological polar surface area (TPSA) is 42.0 Å². The third kappa shape index (κ3) is 4.48. The molecule has 1 atom stereocenters. The Morgan fingerprint density at radius 2 is 1.96 bits per heavy atom. The lowest BCUT2D eigenvalue weighted by Crippen LogP contribution is -2.28. The first-order valence-electron chi connectivity index (χ1n) is 7.77. The molecule has 0 radical (unpaired) electrons. The van der Waals surface area contributed by atoms with Crippen LogP contribution < -0.4 is 5.32 Å². The number of nitrogens with zero attached hydrogens (tertiary/aromatic N) is 1. The second kappa shape index (κ2) is 8.13. The fourth-order valence-corrected chi connectivity index (χ4v) is 4.28. The van der Waals surface area contributed by atoms with E-state index >= 15 is 0 Å². The lowest BCUT2D eigenvalue weighted by molar-refractivity contribution is -0.121. The zero-order valence-corrected chi connectivity index (χ0v) is 16.7. The van der Waals surface area contributed by atoms with Gasteiger partial charge in [0.15, 0.2) is 0 Å². The van der Waals surface area contributed by atoms with Crippen LogP contribution in [0.5, 0.6) is 0 Å². The van der Waals surface area contributed by atoms with Gasteiger partial charge in [0.2, 0.25) is 5.91 Å². The Balaban J connectivity index is 1.66. The summed E-state index contributed by atoms with van der Waals surface area (Å²) in [7, 11) is 0. The molecule has 0 bridgehead atoms. The number of thiazole rings is 1. The van der Waals surface area contributed by atoms with Crippen molar-refractivity contribution in [2.24, 2.45) is 0 Å². The summed E-state index contributed by atoms with van der Waals surface area (Å²) in [5.74, 6) is -0.0562. The van der Waals surface area contributed by atoms with Crippen molar-refractivity contribution in [2.45, 2.75) is 19.4 Å². The van der Waals surface area contributed by atoms with Gasteiger partial charge in [-0.1, -0.05) is 63.9 Å². The summed E-state index contributed by atoms with van der Waals surface area (Å²) >= 11 is 11.2. The summed E-state index contributed by atoms with van der Waals surface area (Å²) in [6.45, 7) is 1.97. The number of hydrogen-bond acceptors (Lipinski definition) is 3. The monoisotopic (exact) mass is 434 g/mol. The highest BCUT2D eigenvalue weighted by atomic mass is 79.9.